The van der Waals surface area contributed by atoms with E-state index >= 15 is 0 Å². The molecule has 0 bridgehead atoms. The van der Waals surface area contributed by atoms with E-state index in [9.17, 15) is 0 Å². The van der Waals surface area contributed by atoms with Crippen LogP contribution in [-0.4, -0.2) is 58.1 Å². The maximum atomic E-state index is 6.28. The molecule has 0 N–H and O–H groups in total. The molecule has 1 unspecified atom stereocenters. The van der Waals surface area contributed by atoms with Crippen molar-refractivity contribution in [2.75, 3.05) is 37.8 Å². The summed E-state index contributed by atoms with van der Waals surface area (Å²) in [6.07, 6.45) is 5.95. The summed E-state index contributed by atoms with van der Waals surface area (Å²) in [5.74, 6) is 2.37. The van der Waals surface area contributed by atoms with Crippen molar-refractivity contribution >= 4 is 11.6 Å². The SMILES string of the molecule is CCOCCC1CCOC12CCN(c1cc(C)nc3ncnn13)CC2. The third kappa shape index (κ3) is 3.11. The standard InChI is InChI=1S/C18H27N5O2/c1-3-24-10-4-15-5-11-25-18(15)6-8-22(9-7-18)16-12-14(2)21-17-19-13-20-23(16)17/h12-13,15H,3-11H2,1-2H3. The molecule has 4 heterocycles. The molecule has 0 saturated carbocycles. The van der Waals surface area contributed by atoms with Crippen LogP contribution in [0.4, 0.5) is 5.82 Å². The van der Waals surface area contributed by atoms with E-state index in [2.05, 4.69) is 33.0 Å². The van der Waals surface area contributed by atoms with Gasteiger partial charge >= 0.3 is 0 Å². The predicted molar refractivity (Wildman–Crippen MR) is 94.9 cm³/mol. The van der Waals surface area contributed by atoms with Crippen LogP contribution in [0.1, 0.15) is 38.3 Å². The van der Waals surface area contributed by atoms with Gasteiger partial charge in [-0.05, 0) is 45.4 Å². The summed E-state index contributed by atoms with van der Waals surface area (Å²) < 4.78 is 13.7. The molecular weight excluding hydrogens is 318 g/mol. The Morgan fingerprint density at radius 3 is 3.00 bits per heavy atom. The van der Waals surface area contributed by atoms with Crippen LogP contribution in [0, 0.1) is 12.8 Å². The molecule has 2 aliphatic heterocycles. The van der Waals surface area contributed by atoms with Gasteiger partial charge in [0.2, 0.25) is 0 Å². The van der Waals surface area contributed by atoms with Gasteiger partial charge in [0.1, 0.15) is 12.1 Å². The van der Waals surface area contributed by atoms with E-state index in [0.29, 0.717) is 11.7 Å². The first-order valence-electron chi connectivity index (χ1n) is 9.36. The molecule has 7 nitrogen and oxygen atoms in total. The molecule has 0 aliphatic carbocycles. The molecule has 4 rings (SSSR count). The number of hydrogen-bond donors (Lipinski definition) is 0. The van der Waals surface area contributed by atoms with Crippen molar-refractivity contribution in [1.29, 1.82) is 0 Å². The van der Waals surface area contributed by atoms with Gasteiger partial charge in [0.15, 0.2) is 0 Å². The van der Waals surface area contributed by atoms with Gasteiger partial charge in [-0.3, -0.25) is 0 Å². The number of ether oxygens (including phenoxy) is 2. The maximum Gasteiger partial charge on any atom is 0.254 e. The molecule has 0 aromatic carbocycles. The summed E-state index contributed by atoms with van der Waals surface area (Å²) in [5, 5.41) is 4.34. The zero-order valence-electron chi connectivity index (χ0n) is 15.1. The van der Waals surface area contributed by atoms with Gasteiger partial charge in [0.05, 0.1) is 5.60 Å². The molecule has 0 amide bonds. The smallest absolute Gasteiger partial charge is 0.254 e. The van der Waals surface area contributed by atoms with Gasteiger partial charge in [0.25, 0.3) is 5.78 Å². The maximum absolute atomic E-state index is 6.28. The molecule has 1 spiro atoms. The summed E-state index contributed by atoms with van der Waals surface area (Å²) >= 11 is 0. The summed E-state index contributed by atoms with van der Waals surface area (Å²) in [7, 11) is 0. The molecule has 2 aromatic rings. The van der Waals surface area contributed by atoms with E-state index in [4.69, 9.17) is 9.47 Å². The van der Waals surface area contributed by atoms with Gasteiger partial charge in [-0.25, -0.2) is 4.98 Å². The van der Waals surface area contributed by atoms with Gasteiger partial charge in [-0.2, -0.15) is 14.6 Å². The van der Waals surface area contributed by atoms with Gasteiger partial charge < -0.3 is 14.4 Å². The van der Waals surface area contributed by atoms with Crippen molar-refractivity contribution in [3.63, 3.8) is 0 Å². The van der Waals surface area contributed by atoms with Crippen molar-refractivity contribution in [3.05, 3.63) is 18.1 Å². The first kappa shape index (κ1) is 16.7. The highest BCUT2D eigenvalue weighted by Gasteiger charge is 2.46. The number of fused-ring (bicyclic) bond motifs is 1. The van der Waals surface area contributed by atoms with Gasteiger partial charge in [0, 0.05) is 44.7 Å². The average Bonchev–Trinajstić information content (AvgIpc) is 3.23. The molecule has 7 heteroatoms. The van der Waals surface area contributed by atoms with Crippen LogP contribution in [0.25, 0.3) is 5.78 Å². The van der Waals surface area contributed by atoms with E-state index in [1.165, 1.54) is 0 Å². The number of aromatic nitrogens is 4. The number of nitrogens with zero attached hydrogens (tertiary/aromatic N) is 5. The molecule has 25 heavy (non-hydrogen) atoms. The van der Waals surface area contributed by atoms with Gasteiger partial charge in [-0.1, -0.05) is 0 Å². The largest absolute Gasteiger partial charge is 0.382 e. The third-order valence-corrected chi connectivity index (χ3v) is 5.71. The number of rotatable bonds is 5. The molecule has 2 aromatic heterocycles. The number of hydrogen-bond acceptors (Lipinski definition) is 6. The molecule has 2 aliphatic rings. The monoisotopic (exact) mass is 345 g/mol. The number of aryl methyl sites for hydroxylation is 1. The second-order valence-electron chi connectivity index (χ2n) is 7.10. The van der Waals surface area contributed by atoms with Crippen LogP contribution in [-0.2, 0) is 9.47 Å². The minimum absolute atomic E-state index is 0.0388. The zero-order chi connectivity index (χ0) is 17.3. The Bertz CT molecular complexity index is 723. The Kier molecular flexibility index (Phi) is 4.60. The van der Waals surface area contributed by atoms with Crippen LogP contribution < -0.4 is 4.90 Å². The summed E-state index contributed by atoms with van der Waals surface area (Å²) in [6, 6.07) is 2.10. The van der Waals surface area contributed by atoms with Crippen LogP contribution in [0.5, 0.6) is 0 Å². The highest BCUT2D eigenvalue weighted by molar-refractivity contribution is 5.47. The lowest BCUT2D eigenvalue weighted by atomic mass is 9.78. The van der Waals surface area contributed by atoms with Crippen molar-refractivity contribution in [2.24, 2.45) is 5.92 Å². The van der Waals surface area contributed by atoms with Crippen molar-refractivity contribution in [1.82, 2.24) is 19.6 Å². The highest BCUT2D eigenvalue weighted by atomic mass is 16.5. The van der Waals surface area contributed by atoms with E-state index in [-0.39, 0.29) is 5.60 Å². The molecule has 0 radical (unpaired) electrons. The van der Waals surface area contributed by atoms with Crippen molar-refractivity contribution in [2.45, 2.75) is 45.1 Å². The fraction of sp³-hybridized carbons (Fsp3) is 0.722. The number of anilines is 1. The van der Waals surface area contributed by atoms with Crippen LogP contribution in [0.15, 0.2) is 12.4 Å². The Morgan fingerprint density at radius 2 is 2.20 bits per heavy atom. The van der Waals surface area contributed by atoms with Crippen molar-refractivity contribution < 1.29 is 9.47 Å². The zero-order valence-corrected chi connectivity index (χ0v) is 15.1. The van der Waals surface area contributed by atoms with E-state index < -0.39 is 0 Å². The van der Waals surface area contributed by atoms with E-state index in [1.807, 2.05) is 11.4 Å². The number of piperidine rings is 1. The average molecular weight is 345 g/mol. The normalized spacial score (nSPS) is 23.0. The topological polar surface area (TPSA) is 64.8 Å². The van der Waals surface area contributed by atoms with Crippen LogP contribution in [0.3, 0.4) is 0 Å². The lowest BCUT2D eigenvalue weighted by Gasteiger charge is -2.43. The van der Waals surface area contributed by atoms with Crippen molar-refractivity contribution in [3.8, 4) is 0 Å². The Labute approximate surface area is 148 Å². The quantitative estimate of drug-likeness (QED) is 0.775. The molecule has 2 fully saturated rings. The third-order valence-electron chi connectivity index (χ3n) is 5.71. The predicted octanol–water partition coefficient (Wildman–Crippen LogP) is 2.23. The molecular formula is C18H27N5O2. The van der Waals surface area contributed by atoms with E-state index in [0.717, 1.165) is 70.1 Å². The minimum Gasteiger partial charge on any atom is -0.382 e. The Balaban J connectivity index is 1.48. The first-order chi connectivity index (χ1) is 12.2. The summed E-state index contributed by atoms with van der Waals surface area (Å²) in [5.41, 5.74) is 1.01. The lowest BCUT2D eigenvalue weighted by molar-refractivity contribution is -0.0468. The van der Waals surface area contributed by atoms with Gasteiger partial charge in [-0.15, -0.1) is 0 Å². The van der Waals surface area contributed by atoms with E-state index in [1.54, 1.807) is 6.33 Å². The molecule has 136 valence electrons. The molecule has 1 atom stereocenters. The molecule has 2 saturated heterocycles. The fourth-order valence-electron chi connectivity index (χ4n) is 4.37. The second kappa shape index (κ2) is 6.88. The summed E-state index contributed by atoms with van der Waals surface area (Å²) in [4.78, 5) is 11.1. The fourth-order valence-corrected chi connectivity index (χ4v) is 4.37. The Hall–Kier alpha value is -1.73. The van der Waals surface area contributed by atoms with Crippen LogP contribution >= 0.6 is 0 Å². The second-order valence-corrected chi connectivity index (χ2v) is 7.10. The Morgan fingerprint density at radius 1 is 1.36 bits per heavy atom. The van der Waals surface area contributed by atoms with Crippen LogP contribution in [0.2, 0.25) is 0 Å². The highest BCUT2D eigenvalue weighted by Crippen LogP contribution is 2.43. The lowest BCUT2D eigenvalue weighted by Crippen LogP contribution is -2.48. The summed E-state index contributed by atoms with van der Waals surface area (Å²) in [6.45, 7) is 8.54. The minimum atomic E-state index is 0.0388. The first-order valence-corrected chi connectivity index (χ1v) is 9.36.